The molecule has 0 atom stereocenters. The molecule has 1 fully saturated rings. The summed E-state index contributed by atoms with van der Waals surface area (Å²) in [6.07, 6.45) is 5.76. The maximum absolute atomic E-state index is 13.4. The van der Waals surface area contributed by atoms with E-state index in [9.17, 15) is 13.6 Å². The Bertz CT molecular complexity index is 483. The second-order valence-corrected chi connectivity index (χ2v) is 4.42. The zero-order valence-electron chi connectivity index (χ0n) is 10.0. The van der Waals surface area contributed by atoms with Crippen LogP contribution in [0.15, 0.2) is 30.0 Å². The highest BCUT2D eigenvalue weighted by molar-refractivity contribution is 5.95. The van der Waals surface area contributed by atoms with Crippen molar-refractivity contribution in [1.82, 2.24) is 0 Å². The molecule has 2 nitrogen and oxygen atoms in total. The molecule has 2 rings (SSSR count). The lowest BCUT2D eigenvalue weighted by atomic mass is 10.1. The lowest BCUT2D eigenvalue weighted by Crippen LogP contribution is -2.03. The summed E-state index contributed by atoms with van der Waals surface area (Å²) in [6.45, 7) is 0. The fraction of sp³-hybridized carbons (Fsp3) is 0.357. The van der Waals surface area contributed by atoms with E-state index in [-0.39, 0.29) is 11.5 Å². The Morgan fingerprint density at radius 2 is 1.89 bits per heavy atom. The lowest BCUT2D eigenvalue weighted by Gasteiger charge is -2.06. The predicted molar refractivity (Wildman–Crippen MR) is 66.2 cm³/mol. The number of Topliss-reactive ketones (excluding diaryl/α,β-unsaturated/α-hetero) is 1. The van der Waals surface area contributed by atoms with Crippen LogP contribution in [0.5, 0.6) is 0 Å². The van der Waals surface area contributed by atoms with Crippen LogP contribution in [0.2, 0.25) is 0 Å². The van der Waals surface area contributed by atoms with Gasteiger partial charge in [-0.1, -0.05) is 6.42 Å². The van der Waals surface area contributed by atoms with E-state index >= 15 is 0 Å². The van der Waals surface area contributed by atoms with Crippen LogP contribution in [-0.2, 0) is 4.79 Å². The van der Waals surface area contributed by atoms with Gasteiger partial charge in [0.2, 0.25) is 0 Å². The molecule has 0 amide bonds. The summed E-state index contributed by atoms with van der Waals surface area (Å²) >= 11 is 0. The molecule has 0 saturated heterocycles. The molecular formula is C14H15F2NO. The van der Waals surface area contributed by atoms with E-state index in [0.29, 0.717) is 18.4 Å². The molecule has 96 valence electrons. The van der Waals surface area contributed by atoms with Crippen LogP contribution in [0, 0.1) is 11.6 Å². The molecule has 0 aromatic heterocycles. The van der Waals surface area contributed by atoms with Crippen molar-refractivity contribution in [3.05, 3.63) is 41.6 Å². The molecule has 0 bridgehead atoms. The molecule has 0 heterocycles. The van der Waals surface area contributed by atoms with Gasteiger partial charge in [0.05, 0.1) is 5.69 Å². The molecule has 0 spiro atoms. The van der Waals surface area contributed by atoms with Gasteiger partial charge in [0.1, 0.15) is 11.6 Å². The Kier molecular flexibility index (Phi) is 4.07. The van der Waals surface area contributed by atoms with Crippen LogP contribution < -0.4 is 5.32 Å². The number of allylic oxidation sites excluding steroid dienone is 1. The van der Waals surface area contributed by atoms with Gasteiger partial charge in [-0.2, -0.15) is 0 Å². The summed E-state index contributed by atoms with van der Waals surface area (Å²) in [5, 5.41) is 2.74. The van der Waals surface area contributed by atoms with Crippen molar-refractivity contribution in [2.45, 2.75) is 32.1 Å². The van der Waals surface area contributed by atoms with Gasteiger partial charge >= 0.3 is 0 Å². The zero-order chi connectivity index (χ0) is 13.0. The SMILES string of the molecule is O=C1CCCCC/C1=C\Nc1ccc(F)cc1F. The average molecular weight is 251 g/mol. The van der Waals surface area contributed by atoms with Crippen molar-refractivity contribution in [3.8, 4) is 0 Å². The highest BCUT2D eigenvalue weighted by Crippen LogP contribution is 2.20. The summed E-state index contributed by atoms with van der Waals surface area (Å²) in [5.74, 6) is -1.16. The first kappa shape index (κ1) is 12.7. The summed E-state index contributed by atoms with van der Waals surface area (Å²) in [5.41, 5.74) is 0.872. The Labute approximate surface area is 105 Å². The molecule has 0 unspecified atom stereocenters. The number of hydrogen-bond acceptors (Lipinski definition) is 2. The maximum Gasteiger partial charge on any atom is 0.160 e. The van der Waals surface area contributed by atoms with Crippen LogP contribution >= 0.6 is 0 Å². The molecule has 1 aromatic carbocycles. The van der Waals surface area contributed by atoms with E-state index in [2.05, 4.69) is 5.32 Å². The molecular weight excluding hydrogens is 236 g/mol. The van der Waals surface area contributed by atoms with E-state index in [1.165, 1.54) is 12.1 Å². The van der Waals surface area contributed by atoms with Gasteiger partial charge in [-0.3, -0.25) is 4.79 Å². The van der Waals surface area contributed by atoms with Crippen molar-refractivity contribution in [2.24, 2.45) is 0 Å². The van der Waals surface area contributed by atoms with Crippen LogP contribution in [0.25, 0.3) is 0 Å². The zero-order valence-corrected chi connectivity index (χ0v) is 10.0. The largest absolute Gasteiger partial charge is 0.359 e. The third kappa shape index (κ3) is 3.15. The smallest absolute Gasteiger partial charge is 0.160 e. The first-order chi connectivity index (χ1) is 8.66. The summed E-state index contributed by atoms with van der Waals surface area (Å²) < 4.78 is 26.1. The van der Waals surface area contributed by atoms with Gasteiger partial charge in [-0.15, -0.1) is 0 Å². The van der Waals surface area contributed by atoms with Gasteiger partial charge in [-0.05, 0) is 31.4 Å². The fourth-order valence-corrected chi connectivity index (χ4v) is 2.00. The number of carbonyl (C=O) groups is 1. The molecule has 1 aliphatic carbocycles. The monoisotopic (exact) mass is 251 g/mol. The number of carbonyl (C=O) groups excluding carboxylic acids is 1. The van der Waals surface area contributed by atoms with Crippen molar-refractivity contribution in [2.75, 3.05) is 5.32 Å². The first-order valence-electron chi connectivity index (χ1n) is 6.10. The maximum atomic E-state index is 13.4. The third-order valence-electron chi connectivity index (χ3n) is 3.04. The number of rotatable bonds is 2. The van der Waals surface area contributed by atoms with E-state index in [0.717, 1.165) is 25.3 Å². The normalized spacial score (nSPS) is 18.8. The Morgan fingerprint density at radius 1 is 1.11 bits per heavy atom. The summed E-state index contributed by atoms with van der Waals surface area (Å²) in [4.78, 5) is 11.7. The quantitative estimate of drug-likeness (QED) is 0.640. The number of benzene rings is 1. The molecule has 18 heavy (non-hydrogen) atoms. The van der Waals surface area contributed by atoms with E-state index < -0.39 is 11.6 Å². The molecule has 4 heteroatoms. The van der Waals surface area contributed by atoms with Crippen LogP contribution in [0.1, 0.15) is 32.1 Å². The van der Waals surface area contributed by atoms with Crippen molar-refractivity contribution in [1.29, 1.82) is 0 Å². The van der Waals surface area contributed by atoms with Crippen molar-refractivity contribution >= 4 is 11.5 Å². The van der Waals surface area contributed by atoms with Gasteiger partial charge in [-0.25, -0.2) is 8.78 Å². The molecule has 0 aliphatic heterocycles. The third-order valence-corrected chi connectivity index (χ3v) is 3.04. The minimum atomic E-state index is -0.659. The number of ketones is 1. The molecule has 0 radical (unpaired) electrons. The molecule has 1 aromatic rings. The number of nitrogens with one attached hydrogen (secondary N) is 1. The Hall–Kier alpha value is -1.71. The molecule has 1 N–H and O–H groups in total. The second-order valence-electron chi connectivity index (χ2n) is 4.42. The minimum absolute atomic E-state index is 0.113. The van der Waals surface area contributed by atoms with Crippen LogP contribution in [0.3, 0.4) is 0 Å². The lowest BCUT2D eigenvalue weighted by molar-refractivity contribution is -0.115. The van der Waals surface area contributed by atoms with Gasteiger partial charge in [0, 0.05) is 24.3 Å². The average Bonchev–Trinajstić information content (AvgIpc) is 2.53. The predicted octanol–water partition coefficient (Wildman–Crippen LogP) is 3.79. The topological polar surface area (TPSA) is 29.1 Å². The van der Waals surface area contributed by atoms with Crippen molar-refractivity contribution in [3.63, 3.8) is 0 Å². The van der Waals surface area contributed by atoms with Crippen LogP contribution in [-0.4, -0.2) is 5.78 Å². The second kappa shape index (κ2) is 5.76. The Balaban J connectivity index is 2.11. The minimum Gasteiger partial charge on any atom is -0.359 e. The summed E-state index contributed by atoms with van der Waals surface area (Å²) in [6, 6.07) is 3.32. The number of anilines is 1. The van der Waals surface area contributed by atoms with Crippen molar-refractivity contribution < 1.29 is 13.6 Å². The summed E-state index contributed by atoms with van der Waals surface area (Å²) in [7, 11) is 0. The van der Waals surface area contributed by atoms with Gasteiger partial charge in [0.25, 0.3) is 0 Å². The fourth-order valence-electron chi connectivity index (χ4n) is 2.00. The van der Waals surface area contributed by atoms with E-state index in [1.807, 2.05) is 0 Å². The molecule has 1 aliphatic rings. The molecule has 1 saturated carbocycles. The van der Waals surface area contributed by atoms with E-state index in [1.54, 1.807) is 6.20 Å². The Morgan fingerprint density at radius 3 is 2.67 bits per heavy atom. The first-order valence-corrected chi connectivity index (χ1v) is 6.10. The number of halogens is 2. The number of hydrogen-bond donors (Lipinski definition) is 1. The highest BCUT2D eigenvalue weighted by Gasteiger charge is 2.13. The van der Waals surface area contributed by atoms with E-state index in [4.69, 9.17) is 0 Å². The van der Waals surface area contributed by atoms with Gasteiger partial charge < -0.3 is 5.32 Å². The standard InChI is InChI=1S/C14H15F2NO/c15-11-6-7-13(12(16)8-11)17-9-10-4-2-1-3-5-14(10)18/h6-9,17H,1-5H2/b10-9+. The van der Waals surface area contributed by atoms with Gasteiger partial charge in [0.15, 0.2) is 5.78 Å². The van der Waals surface area contributed by atoms with Crippen LogP contribution in [0.4, 0.5) is 14.5 Å². The highest BCUT2D eigenvalue weighted by atomic mass is 19.1.